The van der Waals surface area contributed by atoms with Gasteiger partial charge in [0.25, 0.3) is 0 Å². The van der Waals surface area contributed by atoms with Crippen molar-refractivity contribution >= 4 is 0 Å². The highest BCUT2D eigenvalue weighted by Gasteiger charge is 2.19. The molecule has 0 unspecified atom stereocenters. The Balaban J connectivity index is 1.75. The molecule has 1 aliphatic rings. The van der Waals surface area contributed by atoms with Crippen LogP contribution in [0.4, 0.5) is 0 Å². The van der Waals surface area contributed by atoms with Crippen LogP contribution in [0, 0.1) is 5.92 Å². The maximum absolute atomic E-state index is 5.69. The molecule has 1 aliphatic carbocycles. The van der Waals surface area contributed by atoms with Crippen molar-refractivity contribution in [3.05, 3.63) is 17.8 Å². The molecular formula is C12H20N2O. The van der Waals surface area contributed by atoms with E-state index >= 15 is 0 Å². The van der Waals surface area contributed by atoms with Gasteiger partial charge in [0.15, 0.2) is 5.89 Å². The van der Waals surface area contributed by atoms with Crippen LogP contribution in [-0.4, -0.2) is 18.1 Å². The molecule has 0 radical (unpaired) electrons. The van der Waals surface area contributed by atoms with Crippen LogP contribution in [0.25, 0.3) is 0 Å². The molecular weight excluding hydrogens is 188 g/mol. The van der Waals surface area contributed by atoms with E-state index in [0.717, 1.165) is 43.5 Å². The fourth-order valence-electron chi connectivity index (χ4n) is 1.91. The summed E-state index contributed by atoms with van der Waals surface area (Å²) in [6, 6.07) is 0. The van der Waals surface area contributed by atoms with Gasteiger partial charge in [0.2, 0.25) is 0 Å². The van der Waals surface area contributed by atoms with E-state index in [1.807, 2.05) is 6.20 Å². The van der Waals surface area contributed by atoms with Crippen LogP contribution < -0.4 is 5.32 Å². The molecule has 3 heteroatoms. The predicted octanol–water partition coefficient (Wildman–Crippen LogP) is 2.17. The van der Waals surface area contributed by atoms with Crippen LogP contribution >= 0.6 is 0 Å². The second kappa shape index (κ2) is 5.31. The summed E-state index contributed by atoms with van der Waals surface area (Å²) in [4.78, 5) is 4.29. The molecule has 0 saturated heterocycles. The molecule has 15 heavy (non-hydrogen) atoms. The van der Waals surface area contributed by atoms with E-state index < -0.39 is 0 Å². The predicted molar refractivity (Wildman–Crippen MR) is 59.8 cm³/mol. The van der Waals surface area contributed by atoms with E-state index in [1.165, 1.54) is 19.3 Å². The summed E-state index contributed by atoms with van der Waals surface area (Å²) in [7, 11) is 0. The minimum atomic E-state index is 0.861. The first-order valence-corrected chi connectivity index (χ1v) is 6.02. The minimum Gasteiger partial charge on any atom is -0.446 e. The number of rotatable bonds is 6. The molecule has 0 bridgehead atoms. The summed E-state index contributed by atoms with van der Waals surface area (Å²) in [6.45, 7) is 4.08. The highest BCUT2D eigenvalue weighted by molar-refractivity contribution is 4.97. The molecule has 2 rings (SSSR count). The fourth-order valence-corrected chi connectivity index (χ4v) is 1.91. The summed E-state index contributed by atoms with van der Waals surface area (Å²) < 4.78 is 5.69. The number of nitrogens with zero attached hydrogens (tertiary/aromatic N) is 1. The highest BCUT2D eigenvalue weighted by Crippen LogP contribution is 2.29. The van der Waals surface area contributed by atoms with E-state index in [9.17, 15) is 0 Å². The zero-order valence-corrected chi connectivity index (χ0v) is 9.46. The van der Waals surface area contributed by atoms with Gasteiger partial charge >= 0.3 is 0 Å². The number of oxazole rings is 1. The SMILES string of the molecule is CCNCCc1ncc(CC2CCC2)o1. The third-order valence-corrected chi connectivity index (χ3v) is 3.08. The Hall–Kier alpha value is -0.830. The number of aromatic nitrogens is 1. The molecule has 84 valence electrons. The summed E-state index contributed by atoms with van der Waals surface area (Å²) in [5, 5.41) is 3.27. The van der Waals surface area contributed by atoms with Gasteiger partial charge in [0, 0.05) is 19.4 Å². The topological polar surface area (TPSA) is 38.1 Å². The van der Waals surface area contributed by atoms with Crippen LogP contribution in [0.3, 0.4) is 0 Å². The van der Waals surface area contributed by atoms with Crippen molar-refractivity contribution in [2.75, 3.05) is 13.1 Å². The Morgan fingerprint density at radius 3 is 3.07 bits per heavy atom. The smallest absolute Gasteiger partial charge is 0.195 e. The van der Waals surface area contributed by atoms with Crippen LogP contribution in [-0.2, 0) is 12.8 Å². The number of hydrogen-bond acceptors (Lipinski definition) is 3. The van der Waals surface area contributed by atoms with Gasteiger partial charge in [0.1, 0.15) is 5.76 Å². The first-order chi connectivity index (χ1) is 7.38. The van der Waals surface area contributed by atoms with Gasteiger partial charge in [-0.1, -0.05) is 26.2 Å². The molecule has 0 spiro atoms. The lowest BCUT2D eigenvalue weighted by Crippen LogP contribution is -2.16. The molecule has 0 aromatic carbocycles. The summed E-state index contributed by atoms with van der Waals surface area (Å²) in [6.07, 6.45) is 8.03. The van der Waals surface area contributed by atoms with Crippen molar-refractivity contribution in [2.45, 2.75) is 39.0 Å². The summed E-state index contributed by atoms with van der Waals surface area (Å²) >= 11 is 0. The first kappa shape index (κ1) is 10.7. The largest absolute Gasteiger partial charge is 0.446 e. The number of hydrogen-bond donors (Lipinski definition) is 1. The Bertz CT molecular complexity index is 292. The molecule has 0 amide bonds. The third-order valence-electron chi connectivity index (χ3n) is 3.08. The van der Waals surface area contributed by atoms with Gasteiger partial charge in [-0.15, -0.1) is 0 Å². The lowest BCUT2D eigenvalue weighted by Gasteiger charge is -2.23. The van der Waals surface area contributed by atoms with Crippen LogP contribution in [0.5, 0.6) is 0 Å². The van der Waals surface area contributed by atoms with E-state index in [1.54, 1.807) is 0 Å². The maximum atomic E-state index is 5.69. The highest BCUT2D eigenvalue weighted by atomic mass is 16.4. The lowest BCUT2D eigenvalue weighted by atomic mass is 9.82. The lowest BCUT2D eigenvalue weighted by molar-refractivity contribution is 0.291. The van der Waals surface area contributed by atoms with Gasteiger partial charge in [-0.25, -0.2) is 4.98 Å². The van der Waals surface area contributed by atoms with Crippen molar-refractivity contribution in [3.63, 3.8) is 0 Å². The van der Waals surface area contributed by atoms with Gasteiger partial charge in [-0.05, 0) is 12.5 Å². The normalized spacial score (nSPS) is 16.6. The molecule has 0 aliphatic heterocycles. The maximum Gasteiger partial charge on any atom is 0.195 e. The number of likely N-dealkylation sites (N-methyl/N-ethyl adjacent to an activating group) is 1. The van der Waals surface area contributed by atoms with E-state index in [-0.39, 0.29) is 0 Å². The van der Waals surface area contributed by atoms with E-state index in [2.05, 4.69) is 17.2 Å². The zero-order chi connectivity index (χ0) is 10.5. The summed E-state index contributed by atoms with van der Waals surface area (Å²) in [5.74, 6) is 2.82. The average Bonchev–Trinajstić information content (AvgIpc) is 2.60. The van der Waals surface area contributed by atoms with Gasteiger partial charge < -0.3 is 9.73 Å². The molecule has 0 atom stereocenters. The molecule has 1 N–H and O–H groups in total. The molecule has 1 aromatic heterocycles. The van der Waals surface area contributed by atoms with E-state index in [4.69, 9.17) is 4.42 Å². The van der Waals surface area contributed by atoms with Crippen molar-refractivity contribution in [2.24, 2.45) is 5.92 Å². The van der Waals surface area contributed by atoms with Crippen molar-refractivity contribution in [1.29, 1.82) is 0 Å². The molecule has 3 nitrogen and oxygen atoms in total. The minimum absolute atomic E-state index is 0.861. The van der Waals surface area contributed by atoms with Gasteiger partial charge in [-0.2, -0.15) is 0 Å². The fraction of sp³-hybridized carbons (Fsp3) is 0.750. The van der Waals surface area contributed by atoms with Crippen molar-refractivity contribution in [3.8, 4) is 0 Å². The van der Waals surface area contributed by atoms with Crippen LogP contribution in [0.1, 0.15) is 37.8 Å². The quantitative estimate of drug-likeness (QED) is 0.728. The second-order valence-electron chi connectivity index (χ2n) is 4.32. The Kier molecular flexibility index (Phi) is 3.78. The van der Waals surface area contributed by atoms with E-state index in [0.29, 0.717) is 0 Å². The summed E-state index contributed by atoms with van der Waals surface area (Å²) in [5.41, 5.74) is 0. The molecule has 1 heterocycles. The molecule has 1 saturated carbocycles. The van der Waals surface area contributed by atoms with Crippen LogP contribution in [0.15, 0.2) is 10.6 Å². The number of nitrogens with one attached hydrogen (secondary N) is 1. The van der Waals surface area contributed by atoms with Gasteiger partial charge in [-0.3, -0.25) is 0 Å². The monoisotopic (exact) mass is 208 g/mol. The van der Waals surface area contributed by atoms with Crippen molar-refractivity contribution < 1.29 is 4.42 Å². The van der Waals surface area contributed by atoms with Crippen molar-refractivity contribution in [1.82, 2.24) is 10.3 Å². The van der Waals surface area contributed by atoms with Gasteiger partial charge in [0.05, 0.1) is 6.20 Å². The Labute approximate surface area is 91.3 Å². The van der Waals surface area contributed by atoms with Crippen LogP contribution in [0.2, 0.25) is 0 Å². The Morgan fingerprint density at radius 2 is 2.40 bits per heavy atom. The second-order valence-corrected chi connectivity index (χ2v) is 4.32. The molecule has 1 fully saturated rings. The first-order valence-electron chi connectivity index (χ1n) is 6.02. The third kappa shape index (κ3) is 3.06. The standard InChI is InChI=1S/C12H20N2O/c1-2-13-7-6-12-14-9-11(15-12)8-10-4-3-5-10/h9-10,13H,2-8H2,1H3. The zero-order valence-electron chi connectivity index (χ0n) is 9.46. The Morgan fingerprint density at radius 1 is 1.53 bits per heavy atom. The molecule has 1 aromatic rings. The average molecular weight is 208 g/mol.